The number of carbonyl (C=O) groups excluding carboxylic acids is 1. The number of nitriles is 1. The van der Waals surface area contributed by atoms with Crippen molar-refractivity contribution in [3.05, 3.63) is 67.6 Å². The van der Waals surface area contributed by atoms with Gasteiger partial charge in [0, 0.05) is 15.6 Å². The van der Waals surface area contributed by atoms with E-state index in [-0.39, 0.29) is 20.6 Å². The first-order valence-corrected chi connectivity index (χ1v) is 7.29. The highest BCUT2D eigenvalue weighted by atomic mass is 35.5. The lowest BCUT2D eigenvalue weighted by atomic mass is 9.92. The molecular formula is C15H7Cl4NO. The summed E-state index contributed by atoms with van der Waals surface area (Å²) in [6.45, 7) is 0. The van der Waals surface area contributed by atoms with Gasteiger partial charge in [0.2, 0.25) is 0 Å². The fraction of sp³-hybridized carbons (Fsp3) is 0.0667. The molecule has 0 N–H and O–H groups in total. The van der Waals surface area contributed by atoms with E-state index in [1.807, 2.05) is 6.07 Å². The van der Waals surface area contributed by atoms with Crippen LogP contribution >= 0.6 is 46.4 Å². The predicted octanol–water partition coefficient (Wildman–Crippen LogP) is 5.79. The van der Waals surface area contributed by atoms with Crippen molar-refractivity contribution >= 4 is 52.2 Å². The van der Waals surface area contributed by atoms with Crippen molar-refractivity contribution in [3.63, 3.8) is 0 Å². The van der Waals surface area contributed by atoms with E-state index in [0.29, 0.717) is 10.6 Å². The molecule has 2 aromatic rings. The molecule has 0 radical (unpaired) electrons. The lowest BCUT2D eigenvalue weighted by Gasteiger charge is -2.12. The van der Waals surface area contributed by atoms with E-state index in [1.165, 1.54) is 12.1 Å². The Labute approximate surface area is 141 Å². The fourth-order valence-electron chi connectivity index (χ4n) is 1.85. The maximum atomic E-state index is 12.5. The zero-order valence-corrected chi connectivity index (χ0v) is 13.4. The molecule has 0 saturated carbocycles. The molecule has 1 atom stereocenters. The Kier molecular flexibility index (Phi) is 5.13. The van der Waals surface area contributed by atoms with Crippen LogP contribution in [-0.4, -0.2) is 5.78 Å². The lowest BCUT2D eigenvalue weighted by Crippen LogP contribution is -2.12. The van der Waals surface area contributed by atoms with Crippen LogP contribution in [0.1, 0.15) is 21.8 Å². The first-order valence-electron chi connectivity index (χ1n) is 5.78. The van der Waals surface area contributed by atoms with E-state index in [4.69, 9.17) is 46.4 Å². The second-order valence-electron chi connectivity index (χ2n) is 4.19. The molecule has 21 heavy (non-hydrogen) atoms. The first kappa shape index (κ1) is 16.1. The molecule has 106 valence electrons. The van der Waals surface area contributed by atoms with E-state index in [1.54, 1.807) is 24.3 Å². The number of Topliss-reactive ketones (excluding diaryl/α,β-unsaturated/α-hetero) is 1. The van der Waals surface area contributed by atoms with Gasteiger partial charge in [-0.1, -0.05) is 58.5 Å². The van der Waals surface area contributed by atoms with Crippen LogP contribution in [0.5, 0.6) is 0 Å². The highest BCUT2D eigenvalue weighted by Crippen LogP contribution is 2.33. The maximum Gasteiger partial charge on any atom is 0.186 e. The van der Waals surface area contributed by atoms with Crippen molar-refractivity contribution in [2.45, 2.75) is 5.92 Å². The van der Waals surface area contributed by atoms with Crippen LogP contribution in [0.25, 0.3) is 0 Å². The molecule has 0 spiro atoms. The molecule has 0 aliphatic rings. The van der Waals surface area contributed by atoms with E-state index in [9.17, 15) is 10.1 Å². The Hall–Kier alpha value is -1.24. The summed E-state index contributed by atoms with van der Waals surface area (Å²) in [5, 5.41) is 10.4. The Balaban J connectivity index is 2.49. The summed E-state index contributed by atoms with van der Waals surface area (Å²) in [4.78, 5) is 12.5. The monoisotopic (exact) mass is 357 g/mol. The number of ketones is 1. The van der Waals surface area contributed by atoms with Crippen LogP contribution in [0.3, 0.4) is 0 Å². The van der Waals surface area contributed by atoms with Crippen LogP contribution in [0, 0.1) is 11.3 Å². The lowest BCUT2D eigenvalue weighted by molar-refractivity contribution is 0.0979. The number of nitrogens with zero attached hydrogens (tertiary/aromatic N) is 1. The van der Waals surface area contributed by atoms with Gasteiger partial charge in [-0.25, -0.2) is 0 Å². The van der Waals surface area contributed by atoms with Crippen LogP contribution < -0.4 is 0 Å². The van der Waals surface area contributed by atoms with Crippen molar-refractivity contribution in [2.75, 3.05) is 0 Å². The predicted molar refractivity (Wildman–Crippen MR) is 85.6 cm³/mol. The molecule has 0 fully saturated rings. The third kappa shape index (κ3) is 3.33. The second kappa shape index (κ2) is 6.68. The highest BCUT2D eigenvalue weighted by Gasteiger charge is 2.26. The summed E-state index contributed by atoms with van der Waals surface area (Å²) in [5.74, 6) is -1.54. The third-order valence-electron chi connectivity index (χ3n) is 2.88. The molecule has 0 aliphatic heterocycles. The fourth-order valence-corrected chi connectivity index (χ4v) is 2.77. The van der Waals surface area contributed by atoms with E-state index in [2.05, 4.69) is 0 Å². The number of benzene rings is 2. The number of rotatable bonds is 3. The van der Waals surface area contributed by atoms with Crippen LogP contribution in [0.2, 0.25) is 20.1 Å². The molecule has 0 aliphatic carbocycles. The van der Waals surface area contributed by atoms with Gasteiger partial charge in [0.25, 0.3) is 0 Å². The quantitative estimate of drug-likeness (QED) is 0.651. The highest BCUT2D eigenvalue weighted by molar-refractivity contribution is 6.44. The minimum absolute atomic E-state index is 0.120. The summed E-state index contributed by atoms with van der Waals surface area (Å²) < 4.78 is 0. The molecule has 2 aromatic carbocycles. The third-order valence-corrected chi connectivity index (χ3v) is 4.26. The number of carbonyl (C=O) groups is 1. The summed E-state index contributed by atoms with van der Waals surface area (Å²) in [6, 6.07) is 11.2. The van der Waals surface area contributed by atoms with Crippen molar-refractivity contribution in [2.24, 2.45) is 0 Å². The van der Waals surface area contributed by atoms with Crippen molar-refractivity contribution in [3.8, 4) is 6.07 Å². The average Bonchev–Trinajstić information content (AvgIpc) is 2.44. The standard InChI is InChI=1S/C15H7Cl4NO/c16-8-4-5-9(13(18)6-8)11(7-20)15(21)10-2-1-3-12(17)14(10)19/h1-6,11H. The molecule has 0 bridgehead atoms. The Morgan fingerprint density at radius 1 is 1.05 bits per heavy atom. The van der Waals surface area contributed by atoms with Crippen molar-refractivity contribution in [1.82, 2.24) is 0 Å². The molecule has 6 heteroatoms. The van der Waals surface area contributed by atoms with Crippen molar-refractivity contribution in [1.29, 1.82) is 5.26 Å². The molecule has 0 amide bonds. The minimum atomic E-state index is -1.08. The summed E-state index contributed by atoms with van der Waals surface area (Å²) in [5.41, 5.74) is 0.561. The minimum Gasteiger partial charge on any atom is -0.292 e. The molecule has 0 heterocycles. The molecular weight excluding hydrogens is 352 g/mol. The number of halogens is 4. The second-order valence-corrected chi connectivity index (χ2v) is 5.82. The molecule has 0 saturated heterocycles. The largest absolute Gasteiger partial charge is 0.292 e. The van der Waals surface area contributed by atoms with Gasteiger partial charge in [0.1, 0.15) is 5.92 Å². The van der Waals surface area contributed by atoms with Gasteiger partial charge < -0.3 is 0 Å². The van der Waals surface area contributed by atoms with Crippen molar-refractivity contribution < 1.29 is 4.79 Å². The van der Waals surface area contributed by atoms with E-state index < -0.39 is 11.7 Å². The van der Waals surface area contributed by atoms with Gasteiger partial charge >= 0.3 is 0 Å². The van der Waals surface area contributed by atoms with Gasteiger partial charge in [0.05, 0.1) is 16.1 Å². The average molecular weight is 359 g/mol. The van der Waals surface area contributed by atoms with E-state index in [0.717, 1.165) is 0 Å². The van der Waals surface area contributed by atoms with Gasteiger partial charge in [0.15, 0.2) is 5.78 Å². The molecule has 2 nitrogen and oxygen atoms in total. The van der Waals surface area contributed by atoms with Gasteiger partial charge in [-0.15, -0.1) is 0 Å². The summed E-state index contributed by atoms with van der Waals surface area (Å²) >= 11 is 23.8. The summed E-state index contributed by atoms with van der Waals surface area (Å²) in [7, 11) is 0. The van der Waals surface area contributed by atoms with Crippen LogP contribution in [0.4, 0.5) is 0 Å². The van der Waals surface area contributed by atoms with Crippen LogP contribution in [0.15, 0.2) is 36.4 Å². The Bertz CT molecular complexity index is 752. The van der Waals surface area contributed by atoms with Gasteiger partial charge in [-0.2, -0.15) is 5.26 Å². The zero-order valence-electron chi connectivity index (χ0n) is 10.4. The normalized spacial score (nSPS) is 11.8. The summed E-state index contributed by atoms with van der Waals surface area (Å²) in [6.07, 6.45) is 0. The SMILES string of the molecule is N#CC(C(=O)c1cccc(Cl)c1Cl)c1ccc(Cl)cc1Cl. The Morgan fingerprint density at radius 3 is 2.38 bits per heavy atom. The van der Waals surface area contributed by atoms with Crippen LogP contribution in [-0.2, 0) is 0 Å². The molecule has 2 rings (SSSR count). The first-order chi connectivity index (χ1) is 9.95. The van der Waals surface area contributed by atoms with Gasteiger partial charge in [-0.3, -0.25) is 4.79 Å². The maximum absolute atomic E-state index is 12.5. The number of hydrogen-bond acceptors (Lipinski definition) is 2. The molecule has 1 unspecified atom stereocenters. The van der Waals surface area contributed by atoms with Gasteiger partial charge in [-0.05, 0) is 29.8 Å². The smallest absolute Gasteiger partial charge is 0.186 e. The zero-order chi connectivity index (χ0) is 15.6. The topological polar surface area (TPSA) is 40.9 Å². The Morgan fingerprint density at radius 2 is 1.76 bits per heavy atom. The number of hydrogen-bond donors (Lipinski definition) is 0. The molecule has 0 aromatic heterocycles. The van der Waals surface area contributed by atoms with E-state index >= 15 is 0 Å².